The second-order valence-corrected chi connectivity index (χ2v) is 4.01. The van der Waals surface area contributed by atoms with E-state index in [4.69, 9.17) is 5.11 Å². The van der Waals surface area contributed by atoms with Gasteiger partial charge in [0.15, 0.2) is 0 Å². The Morgan fingerprint density at radius 1 is 1.31 bits per heavy atom. The zero-order valence-electron chi connectivity index (χ0n) is 10.8. The second-order valence-electron chi connectivity index (χ2n) is 4.01. The third-order valence-electron chi connectivity index (χ3n) is 2.81. The molecule has 0 saturated carbocycles. The summed E-state index contributed by atoms with van der Waals surface area (Å²) in [6.07, 6.45) is 2.62. The first-order chi connectivity index (χ1) is 7.65. The van der Waals surface area contributed by atoms with Gasteiger partial charge in [0.25, 0.3) is 0 Å². The van der Waals surface area contributed by atoms with E-state index in [-0.39, 0.29) is 6.04 Å². The van der Waals surface area contributed by atoms with Crippen LogP contribution in [0, 0.1) is 0 Å². The van der Waals surface area contributed by atoms with Crippen LogP contribution in [0.3, 0.4) is 0 Å². The number of hydrogen-bond donors (Lipinski definition) is 2. The highest BCUT2D eigenvalue weighted by molar-refractivity contribution is 5.73. The van der Waals surface area contributed by atoms with E-state index < -0.39 is 5.97 Å². The predicted octanol–water partition coefficient (Wildman–Crippen LogP) is 1.56. The molecule has 0 aliphatic carbocycles. The Balaban J connectivity index is 3.65. The van der Waals surface area contributed by atoms with Gasteiger partial charge in [-0.05, 0) is 39.0 Å². The van der Waals surface area contributed by atoms with Crippen LogP contribution in [0.15, 0.2) is 0 Å². The Kier molecular flexibility index (Phi) is 9.24. The fraction of sp³-hybridized carbons (Fsp3) is 0.917. The van der Waals surface area contributed by atoms with Crippen molar-refractivity contribution in [1.82, 2.24) is 10.2 Å². The molecule has 1 atom stereocenters. The van der Waals surface area contributed by atoms with Crippen molar-refractivity contribution in [2.24, 2.45) is 0 Å². The smallest absolute Gasteiger partial charge is 0.320 e. The van der Waals surface area contributed by atoms with Crippen molar-refractivity contribution in [2.75, 3.05) is 26.2 Å². The molecule has 0 spiro atoms. The molecule has 0 bridgehead atoms. The molecule has 16 heavy (non-hydrogen) atoms. The number of carboxylic acids is 1. The molecule has 96 valence electrons. The van der Waals surface area contributed by atoms with Gasteiger partial charge in [-0.3, -0.25) is 4.79 Å². The quantitative estimate of drug-likeness (QED) is 0.559. The molecule has 0 amide bonds. The number of carbonyl (C=O) groups is 1. The number of nitrogens with zero attached hydrogens (tertiary/aromatic N) is 1. The highest BCUT2D eigenvalue weighted by Crippen LogP contribution is 1.97. The van der Waals surface area contributed by atoms with E-state index in [1.807, 2.05) is 6.92 Å². The average Bonchev–Trinajstić information content (AvgIpc) is 2.27. The summed E-state index contributed by atoms with van der Waals surface area (Å²) in [7, 11) is 0. The maximum Gasteiger partial charge on any atom is 0.320 e. The van der Waals surface area contributed by atoms with E-state index in [1.54, 1.807) is 0 Å². The van der Waals surface area contributed by atoms with E-state index in [1.165, 1.54) is 0 Å². The number of rotatable bonds is 10. The van der Waals surface area contributed by atoms with Crippen molar-refractivity contribution in [3.63, 3.8) is 0 Å². The maximum atomic E-state index is 10.9. The first-order valence-corrected chi connectivity index (χ1v) is 6.34. The van der Waals surface area contributed by atoms with E-state index in [0.29, 0.717) is 6.42 Å². The lowest BCUT2D eigenvalue weighted by molar-refractivity contribution is -0.139. The molecule has 0 aliphatic rings. The van der Waals surface area contributed by atoms with Crippen LogP contribution < -0.4 is 5.32 Å². The highest BCUT2D eigenvalue weighted by Gasteiger charge is 2.14. The molecule has 2 N–H and O–H groups in total. The van der Waals surface area contributed by atoms with Gasteiger partial charge in [-0.1, -0.05) is 27.2 Å². The van der Waals surface area contributed by atoms with Crippen LogP contribution in [-0.4, -0.2) is 48.2 Å². The molecule has 4 heteroatoms. The van der Waals surface area contributed by atoms with Gasteiger partial charge < -0.3 is 15.3 Å². The summed E-state index contributed by atoms with van der Waals surface area (Å²) in [6, 6.07) is -0.373. The molecule has 0 fully saturated rings. The molecule has 1 unspecified atom stereocenters. The summed E-state index contributed by atoms with van der Waals surface area (Å²) >= 11 is 0. The zero-order chi connectivity index (χ0) is 12.4. The standard InChI is InChI=1S/C12H26N2O2/c1-4-8-11(12(15)16)13-9-7-10-14(5-2)6-3/h11,13H,4-10H2,1-3H3,(H,15,16). The lowest BCUT2D eigenvalue weighted by Gasteiger charge is -2.19. The Morgan fingerprint density at radius 2 is 1.94 bits per heavy atom. The average molecular weight is 230 g/mol. The molecular weight excluding hydrogens is 204 g/mol. The van der Waals surface area contributed by atoms with Gasteiger partial charge >= 0.3 is 5.97 Å². The predicted molar refractivity (Wildman–Crippen MR) is 66.7 cm³/mol. The summed E-state index contributed by atoms with van der Waals surface area (Å²) < 4.78 is 0. The molecule has 4 nitrogen and oxygen atoms in total. The normalized spacial score (nSPS) is 13.0. The van der Waals surface area contributed by atoms with Crippen LogP contribution >= 0.6 is 0 Å². The summed E-state index contributed by atoms with van der Waals surface area (Å²) in [4.78, 5) is 13.2. The fourth-order valence-electron chi connectivity index (χ4n) is 1.72. The molecule has 0 aliphatic heterocycles. The monoisotopic (exact) mass is 230 g/mol. The number of carboxylic acid groups (broad SMARTS) is 1. The molecule has 0 aromatic carbocycles. The summed E-state index contributed by atoms with van der Waals surface area (Å²) in [6.45, 7) is 10.3. The van der Waals surface area contributed by atoms with Crippen molar-refractivity contribution < 1.29 is 9.90 Å². The van der Waals surface area contributed by atoms with Gasteiger partial charge in [-0.2, -0.15) is 0 Å². The Bertz CT molecular complexity index is 182. The lowest BCUT2D eigenvalue weighted by atomic mass is 10.1. The minimum atomic E-state index is -0.732. The molecule has 0 rings (SSSR count). The number of hydrogen-bond acceptors (Lipinski definition) is 3. The van der Waals surface area contributed by atoms with E-state index in [2.05, 4.69) is 24.1 Å². The van der Waals surface area contributed by atoms with Gasteiger partial charge in [0.1, 0.15) is 6.04 Å². The van der Waals surface area contributed by atoms with Gasteiger partial charge in [0.05, 0.1) is 0 Å². The maximum absolute atomic E-state index is 10.9. The minimum Gasteiger partial charge on any atom is -0.480 e. The molecule has 0 radical (unpaired) electrons. The molecule has 0 aromatic rings. The molecule has 0 saturated heterocycles. The highest BCUT2D eigenvalue weighted by atomic mass is 16.4. The topological polar surface area (TPSA) is 52.6 Å². The second kappa shape index (κ2) is 9.60. The summed E-state index contributed by atoms with van der Waals surface area (Å²) in [5, 5.41) is 12.0. The van der Waals surface area contributed by atoms with Crippen LogP contribution in [0.1, 0.15) is 40.0 Å². The Hall–Kier alpha value is -0.610. The Labute approximate surface area is 99.0 Å². The first-order valence-electron chi connectivity index (χ1n) is 6.34. The minimum absolute atomic E-state index is 0.373. The third kappa shape index (κ3) is 6.80. The summed E-state index contributed by atoms with van der Waals surface area (Å²) in [5.41, 5.74) is 0. The van der Waals surface area contributed by atoms with E-state index in [0.717, 1.165) is 39.0 Å². The van der Waals surface area contributed by atoms with Crippen molar-refractivity contribution in [1.29, 1.82) is 0 Å². The fourth-order valence-corrected chi connectivity index (χ4v) is 1.72. The third-order valence-corrected chi connectivity index (χ3v) is 2.81. The van der Waals surface area contributed by atoms with Crippen molar-refractivity contribution >= 4 is 5.97 Å². The first kappa shape index (κ1) is 15.4. The van der Waals surface area contributed by atoms with Gasteiger partial charge in [-0.25, -0.2) is 0 Å². The molecule has 0 aromatic heterocycles. The van der Waals surface area contributed by atoms with Gasteiger partial charge in [0.2, 0.25) is 0 Å². The van der Waals surface area contributed by atoms with Gasteiger partial charge in [-0.15, -0.1) is 0 Å². The van der Waals surface area contributed by atoms with E-state index in [9.17, 15) is 4.79 Å². The van der Waals surface area contributed by atoms with Crippen molar-refractivity contribution in [3.05, 3.63) is 0 Å². The largest absolute Gasteiger partial charge is 0.480 e. The van der Waals surface area contributed by atoms with Crippen LogP contribution in [0.5, 0.6) is 0 Å². The van der Waals surface area contributed by atoms with Crippen LogP contribution in [-0.2, 0) is 4.79 Å². The number of aliphatic carboxylic acids is 1. The van der Waals surface area contributed by atoms with Crippen molar-refractivity contribution in [3.8, 4) is 0 Å². The summed E-state index contributed by atoms with van der Waals surface area (Å²) in [5.74, 6) is -0.732. The molecule has 0 heterocycles. The lowest BCUT2D eigenvalue weighted by Crippen LogP contribution is -2.38. The van der Waals surface area contributed by atoms with Gasteiger partial charge in [0, 0.05) is 0 Å². The SMILES string of the molecule is CCCC(NCCCN(CC)CC)C(=O)O. The van der Waals surface area contributed by atoms with Crippen LogP contribution in [0.2, 0.25) is 0 Å². The van der Waals surface area contributed by atoms with Crippen LogP contribution in [0.4, 0.5) is 0 Å². The molecular formula is C12H26N2O2. The zero-order valence-corrected chi connectivity index (χ0v) is 10.8. The van der Waals surface area contributed by atoms with E-state index >= 15 is 0 Å². The number of nitrogens with one attached hydrogen (secondary N) is 1. The van der Waals surface area contributed by atoms with Crippen LogP contribution in [0.25, 0.3) is 0 Å². The Morgan fingerprint density at radius 3 is 2.38 bits per heavy atom. The van der Waals surface area contributed by atoms with Crippen molar-refractivity contribution in [2.45, 2.75) is 46.1 Å².